The molecular weight excluding hydrogens is 260 g/mol. The van der Waals surface area contributed by atoms with Gasteiger partial charge in [-0.15, -0.1) is 0 Å². The molecule has 1 aromatic rings. The third-order valence-electron chi connectivity index (χ3n) is 4.43. The van der Waals surface area contributed by atoms with Crippen LogP contribution in [0.3, 0.4) is 0 Å². The minimum Gasteiger partial charge on any atom is -0.350 e. The van der Waals surface area contributed by atoms with Gasteiger partial charge in [0.05, 0.1) is 13.2 Å². The third kappa shape index (κ3) is 4.82. The summed E-state index contributed by atoms with van der Waals surface area (Å²) < 4.78 is 12.0. The lowest BCUT2D eigenvalue weighted by molar-refractivity contribution is -0.265. The molecule has 0 atom stereocenters. The number of rotatable bonds is 7. The van der Waals surface area contributed by atoms with Crippen LogP contribution in [0.5, 0.6) is 0 Å². The number of hydrogen-bond donors (Lipinski definition) is 0. The minimum absolute atomic E-state index is 0.367. The van der Waals surface area contributed by atoms with E-state index in [1.165, 1.54) is 36.8 Å². The van der Waals surface area contributed by atoms with Gasteiger partial charge < -0.3 is 9.47 Å². The molecule has 0 N–H and O–H groups in total. The molecule has 1 heterocycles. The molecule has 118 valence electrons. The van der Waals surface area contributed by atoms with Crippen molar-refractivity contribution in [1.29, 1.82) is 0 Å². The van der Waals surface area contributed by atoms with Gasteiger partial charge >= 0.3 is 0 Å². The van der Waals surface area contributed by atoms with Gasteiger partial charge in [-0.2, -0.15) is 0 Å². The number of benzene rings is 1. The van der Waals surface area contributed by atoms with Crippen LogP contribution in [-0.2, 0) is 15.9 Å². The van der Waals surface area contributed by atoms with Crippen molar-refractivity contribution < 1.29 is 9.47 Å². The van der Waals surface area contributed by atoms with Crippen molar-refractivity contribution in [2.24, 2.45) is 0 Å². The largest absolute Gasteiger partial charge is 0.350 e. The fourth-order valence-corrected chi connectivity index (χ4v) is 2.82. The second kappa shape index (κ2) is 7.95. The van der Waals surface area contributed by atoms with E-state index in [0.29, 0.717) is 5.92 Å². The molecule has 2 nitrogen and oxygen atoms in total. The number of ether oxygens (including phenoxy) is 2. The van der Waals surface area contributed by atoms with Crippen LogP contribution in [0.4, 0.5) is 0 Å². The highest BCUT2D eigenvalue weighted by molar-refractivity contribution is 5.26. The quantitative estimate of drug-likeness (QED) is 0.698. The van der Waals surface area contributed by atoms with Gasteiger partial charge in [0.1, 0.15) is 0 Å². The molecule has 0 spiro atoms. The maximum Gasteiger partial charge on any atom is 0.165 e. The van der Waals surface area contributed by atoms with Gasteiger partial charge in [-0.1, -0.05) is 51.0 Å². The van der Waals surface area contributed by atoms with Crippen LogP contribution in [-0.4, -0.2) is 19.0 Å². The van der Waals surface area contributed by atoms with Crippen LogP contribution in [0.2, 0.25) is 0 Å². The Hall–Kier alpha value is -0.860. The van der Waals surface area contributed by atoms with Crippen molar-refractivity contribution in [2.75, 3.05) is 13.2 Å². The highest BCUT2D eigenvalue weighted by atomic mass is 16.7. The highest BCUT2D eigenvalue weighted by Crippen LogP contribution is 2.31. The summed E-state index contributed by atoms with van der Waals surface area (Å²) in [5, 5.41) is 0. The van der Waals surface area contributed by atoms with Crippen molar-refractivity contribution in [3.05, 3.63) is 35.4 Å². The van der Waals surface area contributed by atoms with Gasteiger partial charge in [0.2, 0.25) is 0 Å². The molecule has 1 fully saturated rings. The van der Waals surface area contributed by atoms with E-state index in [1.807, 2.05) is 0 Å². The molecule has 2 heteroatoms. The zero-order valence-electron chi connectivity index (χ0n) is 13.9. The van der Waals surface area contributed by atoms with Gasteiger partial charge in [0, 0.05) is 12.3 Å². The average Bonchev–Trinajstić information content (AvgIpc) is 2.52. The van der Waals surface area contributed by atoms with Crippen molar-refractivity contribution in [1.82, 2.24) is 0 Å². The highest BCUT2D eigenvalue weighted by Gasteiger charge is 2.32. The van der Waals surface area contributed by atoms with Crippen LogP contribution in [0, 0.1) is 0 Å². The lowest BCUT2D eigenvalue weighted by Crippen LogP contribution is -2.40. The van der Waals surface area contributed by atoms with Crippen LogP contribution >= 0.6 is 0 Å². The SMILES string of the molecule is CCCCc1ccc(C2COC(C)(CCCC)OC2)cc1. The molecule has 0 aliphatic carbocycles. The fourth-order valence-electron chi connectivity index (χ4n) is 2.82. The van der Waals surface area contributed by atoms with Crippen molar-refractivity contribution >= 4 is 0 Å². The van der Waals surface area contributed by atoms with Crippen molar-refractivity contribution in [3.63, 3.8) is 0 Å². The first-order chi connectivity index (χ1) is 10.2. The Kier molecular flexibility index (Phi) is 6.25. The van der Waals surface area contributed by atoms with E-state index in [9.17, 15) is 0 Å². The van der Waals surface area contributed by atoms with Gasteiger partial charge in [0.15, 0.2) is 5.79 Å². The van der Waals surface area contributed by atoms with Gasteiger partial charge in [-0.05, 0) is 37.3 Å². The number of unbranched alkanes of at least 4 members (excludes halogenated alkanes) is 2. The lowest BCUT2D eigenvalue weighted by Gasteiger charge is -2.38. The Labute approximate surface area is 129 Å². The first-order valence-electron chi connectivity index (χ1n) is 8.53. The fraction of sp³-hybridized carbons (Fsp3) is 0.684. The van der Waals surface area contributed by atoms with Crippen molar-refractivity contribution in [2.45, 2.75) is 71.0 Å². The predicted molar refractivity (Wildman–Crippen MR) is 87.6 cm³/mol. The minimum atomic E-state index is -0.367. The molecule has 1 saturated heterocycles. The molecular formula is C19H30O2. The summed E-state index contributed by atoms with van der Waals surface area (Å²) in [6.45, 7) is 8.06. The van der Waals surface area contributed by atoms with Crippen LogP contribution < -0.4 is 0 Å². The molecule has 1 aromatic carbocycles. The zero-order chi connectivity index (χ0) is 15.1. The van der Waals surface area contributed by atoms with Crippen molar-refractivity contribution in [3.8, 4) is 0 Å². The van der Waals surface area contributed by atoms with Crippen LogP contribution in [0.15, 0.2) is 24.3 Å². The number of aryl methyl sites for hydroxylation is 1. The topological polar surface area (TPSA) is 18.5 Å². The molecule has 0 bridgehead atoms. The lowest BCUT2D eigenvalue weighted by atomic mass is 9.96. The predicted octanol–water partition coefficient (Wildman–Crippen LogP) is 5.07. The molecule has 1 aliphatic heterocycles. The Morgan fingerprint density at radius 2 is 1.62 bits per heavy atom. The first kappa shape index (κ1) is 16.5. The van der Waals surface area contributed by atoms with E-state index < -0.39 is 0 Å². The Balaban J connectivity index is 1.87. The molecule has 0 unspecified atom stereocenters. The third-order valence-corrected chi connectivity index (χ3v) is 4.43. The standard InChI is InChI=1S/C19H30O2/c1-4-6-8-16-9-11-17(12-10-16)18-14-20-19(3,21-15-18)13-7-5-2/h9-12,18H,4-8,13-15H2,1-3H3. The Bertz CT molecular complexity index is 402. The molecule has 21 heavy (non-hydrogen) atoms. The van der Waals surface area contributed by atoms with E-state index in [0.717, 1.165) is 26.1 Å². The summed E-state index contributed by atoms with van der Waals surface area (Å²) in [7, 11) is 0. The monoisotopic (exact) mass is 290 g/mol. The summed E-state index contributed by atoms with van der Waals surface area (Å²) in [5.74, 6) is 0.00745. The van der Waals surface area contributed by atoms with Gasteiger partial charge in [0.25, 0.3) is 0 Å². The van der Waals surface area contributed by atoms with E-state index in [1.54, 1.807) is 0 Å². The maximum absolute atomic E-state index is 6.01. The summed E-state index contributed by atoms with van der Waals surface area (Å²) >= 11 is 0. The number of hydrogen-bond acceptors (Lipinski definition) is 2. The van der Waals surface area contributed by atoms with E-state index >= 15 is 0 Å². The van der Waals surface area contributed by atoms with Gasteiger partial charge in [-0.25, -0.2) is 0 Å². The summed E-state index contributed by atoms with van der Waals surface area (Å²) in [5.41, 5.74) is 2.78. The summed E-state index contributed by atoms with van der Waals surface area (Å²) in [4.78, 5) is 0. The molecule has 0 radical (unpaired) electrons. The maximum atomic E-state index is 6.01. The molecule has 1 aliphatic rings. The van der Waals surface area contributed by atoms with E-state index in [-0.39, 0.29) is 5.79 Å². The van der Waals surface area contributed by atoms with Crippen LogP contribution in [0.25, 0.3) is 0 Å². The smallest absolute Gasteiger partial charge is 0.165 e. The zero-order valence-corrected chi connectivity index (χ0v) is 13.9. The normalized spacial score (nSPS) is 26.0. The molecule has 2 rings (SSSR count). The second-order valence-corrected chi connectivity index (χ2v) is 6.40. The van der Waals surface area contributed by atoms with Gasteiger partial charge in [-0.3, -0.25) is 0 Å². The summed E-state index contributed by atoms with van der Waals surface area (Å²) in [6, 6.07) is 9.01. The van der Waals surface area contributed by atoms with Crippen LogP contribution in [0.1, 0.15) is 69.9 Å². The second-order valence-electron chi connectivity index (χ2n) is 6.40. The average molecular weight is 290 g/mol. The Morgan fingerprint density at radius 3 is 2.19 bits per heavy atom. The van der Waals surface area contributed by atoms with E-state index in [4.69, 9.17) is 9.47 Å². The van der Waals surface area contributed by atoms with E-state index in [2.05, 4.69) is 45.0 Å². The summed E-state index contributed by atoms with van der Waals surface area (Å²) in [6.07, 6.45) is 7.04. The molecule has 0 saturated carbocycles. The Morgan fingerprint density at radius 1 is 1.00 bits per heavy atom. The molecule has 0 amide bonds. The molecule has 0 aromatic heterocycles. The first-order valence-corrected chi connectivity index (χ1v) is 8.53.